The normalized spacial score (nSPS) is 14.3. The molecule has 0 amide bonds. The molecule has 0 aliphatic heterocycles. The maximum absolute atomic E-state index is 6.01. The van der Waals surface area contributed by atoms with E-state index in [2.05, 4.69) is 25.8 Å². The minimum absolute atomic E-state index is 0.0127. The molecule has 0 aromatic carbocycles. The van der Waals surface area contributed by atoms with Crippen molar-refractivity contribution >= 4 is 0 Å². The minimum atomic E-state index is 0.0127. The van der Waals surface area contributed by atoms with E-state index in [1.54, 1.807) is 6.20 Å². The standard InChI is InChI=1S/C10H16N2/c1-10(2,3)9(11)8-6-4-5-7-12-8/h4-7,9H,11H2,1-3H3/t9-/m1/s1. The summed E-state index contributed by atoms with van der Waals surface area (Å²) in [4.78, 5) is 4.22. The summed E-state index contributed by atoms with van der Waals surface area (Å²) >= 11 is 0. The number of hydrogen-bond acceptors (Lipinski definition) is 2. The molecule has 2 nitrogen and oxygen atoms in total. The van der Waals surface area contributed by atoms with Gasteiger partial charge in [0.15, 0.2) is 0 Å². The van der Waals surface area contributed by atoms with Gasteiger partial charge in [0, 0.05) is 6.20 Å². The quantitative estimate of drug-likeness (QED) is 0.690. The van der Waals surface area contributed by atoms with Gasteiger partial charge >= 0.3 is 0 Å². The lowest BCUT2D eigenvalue weighted by molar-refractivity contribution is 0.321. The molecule has 1 rings (SSSR count). The molecule has 0 saturated carbocycles. The van der Waals surface area contributed by atoms with Crippen LogP contribution in [0.3, 0.4) is 0 Å². The third-order valence-electron chi connectivity index (χ3n) is 1.94. The fourth-order valence-corrected chi connectivity index (χ4v) is 1.00. The largest absolute Gasteiger partial charge is 0.322 e. The molecule has 1 heterocycles. The van der Waals surface area contributed by atoms with E-state index in [4.69, 9.17) is 5.73 Å². The molecule has 0 unspecified atom stereocenters. The Kier molecular flexibility index (Phi) is 2.48. The third-order valence-corrected chi connectivity index (χ3v) is 1.94. The molecule has 0 saturated heterocycles. The van der Waals surface area contributed by atoms with E-state index < -0.39 is 0 Å². The second-order valence-corrected chi connectivity index (χ2v) is 4.10. The first-order valence-electron chi connectivity index (χ1n) is 4.18. The van der Waals surface area contributed by atoms with E-state index in [0.717, 1.165) is 5.69 Å². The Balaban J connectivity index is 2.86. The van der Waals surface area contributed by atoms with Crippen LogP contribution in [0.2, 0.25) is 0 Å². The highest BCUT2D eigenvalue weighted by Gasteiger charge is 2.22. The van der Waals surface area contributed by atoms with Crippen LogP contribution in [0.25, 0.3) is 0 Å². The summed E-state index contributed by atoms with van der Waals surface area (Å²) in [5.74, 6) is 0. The molecule has 1 aromatic heterocycles. The molecule has 0 radical (unpaired) electrons. The third kappa shape index (κ3) is 2.05. The van der Waals surface area contributed by atoms with Gasteiger partial charge in [0.2, 0.25) is 0 Å². The predicted molar refractivity (Wildman–Crippen MR) is 50.6 cm³/mol. The maximum atomic E-state index is 6.01. The topological polar surface area (TPSA) is 38.9 Å². The van der Waals surface area contributed by atoms with Crippen LogP contribution in [0.1, 0.15) is 32.5 Å². The van der Waals surface area contributed by atoms with Gasteiger partial charge in [-0.1, -0.05) is 26.8 Å². The van der Waals surface area contributed by atoms with E-state index in [-0.39, 0.29) is 11.5 Å². The summed E-state index contributed by atoms with van der Waals surface area (Å²) in [6.07, 6.45) is 1.78. The van der Waals surface area contributed by atoms with Crippen molar-refractivity contribution in [3.63, 3.8) is 0 Å². The summed E-state index contributed by atoms with van der Waals surface area (Å²) < 4.78 is 0. The van der Waals surface area contributed by atoms with Crippen LogP contribution < -0.4 is 5.73 Å². The van der Waals surface area contributed by atoms with E-state index in [1.807, 2.05) is 18.2 Å². The Morgan fingerprint density at radius 2 is 2.00 bits per heavy atom. The zero-order valence-electron chi connectivity index (χ0n) is 7.91. The first kappa shape index (κ1) is 9.20. The van der Waals surface area contributed by atoms with Gasteiger partial charge in [-0.25, -0.2) is 0 Å². The summed E-state index contributed by atoms with van der Waals surface area (Å²) in [7, 11) is 0. The molecule has 0 fully saturated rings. The van der Waals surface area contributed by atoms with Crippen molar-refractivity contribution in [3.8, 4) is 0 Å². The molecule has 12 heavy (non-hydrogen) atoms. The number of nitrogens with two attached hydrogens (primary N) is 1. The minimum Gasteiger partial charge on any atom is -0.322 e. The summed E-state index contributed by atoms with van der Waals surface area (Å²) in [5, 5.41) is 0. The van der Waals surface area contributed by atoms with Gasteiger partial charge in [0.25, 0.3) is 0 Å². The molecule has 0 spiro atoms. The first-order valence-corrected chi connectivity index (χ1v) is 4.18. The number of aromatic nitrogens is 1. The second-order valence-electron chi connectivity index (χ2n) is 4.10. The number of rotatable bonds is 1. The van der Waals surface area contributed by atoms with Crippen LogP contribution in [0, 0.1) is 5.41 Å². The zero-order chi connectivity index (χ0) is 9.19. The highest BCUT2D eigenvalue weighted by atomic mass is 14.8. The Labute approximate surface area is 73.8 Å². The lowest BCUT2D eigenvalue weighted by Crippen LogP contribution is -2.26. The fraction of sp³-hybridized carbons (Fsp3) is 0.500. The Hall–Kier alpha value is -0.890. The van der Waals surface area contributed by atoms with E-state index in [0.29, 0.717) is 0 Å². The van der Waals surface area contributed by atoms with Crippen molar-refractivity contribution in [2.24, 2.45) is 11.1 Å². The number of pyridine rings is 1. The van der Waals surface area contributed by atoms with Crippen LogP contribution in [0.15, 0.2) is 24.4 Å². The highest BCUT2D eigenvalue weighted by molar-refractivity contribution is 5.10. The Bertz CT molecular complexity index is 236. The van der Waals surface area contributed by atoms with Gasteiger partial charge < -0.3 is 5.73 Å². The van der Waals surface area contributed by atoms with Crippen molar-refractivity contribution in [2.45, 2.75) is 26.8 Å². The molecule has 0 aliphatic rings. The van der Waals surface area contributed by atoms with Crippen molar-refractivity contribution in [1.82, 2.24) is 4.98 Å². The van der Waals surface area contributed by atoms with Gasteiger partial charge in [0.1, 0.15) is 0 Å². The summed E-state index contributed by atoms with van der Waals surface area (Å²) in [6.45, 7) is 6.35. The van der Waals surface area contributed by atoms with Gasteiger partial charge in [-0.2, -0.15) is 0 Å². The van der Waals surface area contributed by atoms with Crippen LogP contribution in [-0.4, -0.2) is 4.98 Å². The maximum Gasteiger partial charge on any atom is 0.0576 e. The average Bonchev–Trinajstić information content (AvgIpc) is 2.03. The molecular weight excluding hydrogens is 148 g/mol. The van der Waals surface area contributed by atoms with Crippen LogP contribution in [0.5, 0.6) is 0 Å². The summed E-state index contributed by atoms with van der Waals surface area (Å²) in [6, 6.07) is 5.85. The van der Waals surface area contributed by atoms with E-state index in [9.17, 15) is 0 Å². The first-order chi connectivity index (χ1) is 5.52. The zero-order valence-corrected chi connectivity index (χ0v) is 7.91. The van der Waals surface area contributed by atoms with Gasteiger partial charge in [-0.15, -0.1) is 0 Å². The van der Waals surface area contributed by atoms with E-state index >= 15 is 0 Å². The van der Waals surface area contributed by atoms with E-state index in [1.165, 1.54) is 0 Å². The lowest BCUT2D eigenvalue weighted by Gasteiger charge is -2.26. The molecule has 2 N–H and O–H groups in total. The smallest absolute Gasteiger partial charge is 0.0576 e. The molecule has 0 bridgehead atoms. The SMILES string of the molecule is CC(C)(C)[C@H](N)c1ccccn1. The van der Waals surface area contributed by atoms with Crippen molar-refractivity contribution in [3.05, 3.63) is 30.1 Å². The lowest BCUT2D eigenvalue weighted by atomic mass is 9.85. The molecular formula is C10H16N2. The van der Waals surface area contributed by atoms with Crippen molar-refractivity contribution in [1.29, 1.82) is 0 Å². The Morgan fingerprint density at radius 1 is 1.33 bits per heavy atom. The molecule has 2 heteroatoms. The van der Waals surface area contributed by atoms with Crippen LogP contribution in [0.4, 0.5) is 0 Å². The van der Waals surface area contributed by atoms with Crippen molar-refractivity contribution in [2.75, 3.05) is 0 Å². The average molecular weight is 164 g/mol. The van der Waals surface area contributed by atoms with Crippen molar-refractivity contribution < 1.29 is 0 Å². The van der Waals surface area contributed by atoms with Crippen LogP contribution >= 0.6 is 0 Å². The molecule has 1 aromatic rings. The van der Waals surface area contributed by atoms with Gasteiger partial charge in [-0.3, -0.25) is 4.98 Å². The summed E-state index contributed by atoms with van der Waals surface area (Å²) in [5.41, 5.74) is 7.05. The number of nitrogens with zero attached hydrogens (tertiary/aromatic N) is 1. The Morgan fingerprint density at radius 3 is 2.42 bits per heavy atom. The second kappa shape index (κ2) is 3.23. The molecule has 0 aliphatic carbocycles. The predicted octanol–water partition coefficient (Wildman–Crippen LogP) is 2.13. The van der Waals surface area contributed by atoms with Gasteiger partial charge in [0.05, 0.1) is 11.7 Å². The number of hydrogen-bond donors (Lipinski definition) is 1. The van der Waals surface area contributed by atoms with Gasteiger partial charge in [-0.05, 0) is 17.5 Å². The van der Waals surface area contributed by atoms with Crippen LogP contribution in [-0.2, 0) is 0 Å². The molecule has 66 valence electrons. The fourth-order valence-electron chi connectivity index (χ4n) is 1.00. The highest BCUT2D eigenvalue weighted by Crippen LogP contribution is 2.28. The monoisotopic (exact) mass is 164 g/mol. The molecule has 1 atom stereocenters.